The third kappa shape index (κ3) is 2.55. The molecule has 2 rings (SSSR count). The minimum Gasteiger partial charge on any atom is -0.504 e. The maximum atomic E-state index is 9.64. The van der Waals surface area contributed by atoms with Gasteiger partial charge in [-0.2, -0.15) is 0 Å². The van der Waals surface area contributed by atoms with E-state index in [0.717, 1.165) is 0 Å². The normalized spacial score (nSPS) is 9.88. The largest absolute Gasteiger partial charge is 0.504 e. The van der Waals surface area contributed by atoms with Gasteiger partial charge in [0.15, 0.2) is 11.5 Å². The molecule has 0 aliphatic rings. The third-order valence-corrected chi connectivity index (χ3v) is 2.24. The van der Waals surface area contributed by atoms with Gasteiger partial charge in [-0.3, -0.25) is 5.41 Å². The van der Waals surface area contributed by atoms with Gasteiger partial charge in [0.25, 0.3) is 0 Å². The average Bonchev–Trinajstić information content (AvgIpc) is 2.33. The predicted octanol–water partition coefficient (Wildman–Crippen LogP) is 2.47. The van der Waals surface area contributed by atoms with Gasteiger partial charge in [0, 0.05) is 5.56 Å². The van der Waals surface area contributed by atoms with E-state index in [1.807, 2.05) is 18.2 Å². The molecule has 2 aromatic carbocycles. The van der Waals surface area contributed by atoms with Crippen molar-refractivity contribution in [3.8, 4) is 17.2 Å². The Balaban J connectivity index is 2.32. The average molecular weight is 228 g/mol. The zero-order valence-corrected chi connectivity index (χ0v) is 9.05. The maximum Gasteiger partial charge on any atom is 0.169 e. The Morgan fingerprint density at radius 3 is 2.47 bits per heavy atom. The summed E-state index contributed by atoms with van der Waals surface area (Å²) in [7, 11) is 0. The number of phenols is 1. The minimum atomic E-state index is -0.0667. The number of aromatic hydroxyl groups is 1. The first-order valence-electron chi connectivity index (χ1n) is 5.07. The summed E-state index contributed by atoms with van der Waals surface area (Å²) in [5.74, 6) is 0.842. The molecule has 86 valence electrons. The fourth-order valence-corrected chi connectivity index (χ4v) is 1.38. The van der Waals surface area contributed by atoms with Crippen LogP contribution in [0.3, 0.4) is 0 Å². The highest BCUT2D eigenvalue weighted by Crippen LogP contribution is 2.31. The number of hydrogen-bond donors (Lipinski definition) is 3. The van der Waals surface area contributed by atoms with Crippen molar-refractivity contribution in [2.45, 2.75) is 0 Å². The van der Waals surface area contributed by atoms with E-state index >= 15 is 0 Å². The Morgan fingerprint density at radius 1 is 1.12 bits per heavy atom. The Bertz CT molecular complexity index is 538. The molecule has 0 aliphatic heterocycles. The molecule has 0 spiro atoms. The summed E-state index contributed by atoms with van der Waals surface area (Å²) >= 11 is 0. The van der Waals surface area contributed by atoms with Crippen LogP contribution in [0.25, 0.3) is 0 Å². The molecule has 4 N–H and O–H groups in total. The summed E-state index contributed by atoms with van der Waals surface area (Å²) in [6, 6.07) is 13.6. The van der Waals surface area contributed by atoms with E-state index in [9.17, 15) is 5.11 Å². The molecule has 0 bridgehead atoms. The second-order valence-corrected chi connectivity index (χ2v) is 3.51. The summed E-state index contributed by atoms with van der Waals surface area (Å²) in [5.41, 5.74) is 5.88. The van der Waals surface area contributed by atoms with Gasteiger partial charge in [-0.25, -0.2) is 0 Å². The van der Waals surface area contributed by atoms with E-state index in [0.29, 0.717) is 11.3 Å². The maximum absolute atomic E-state index is 9.64. The molecule has 0 amide bonds. The van der Waals surface area contributed by atoms with Gasteiger partial charge in [0.2, 0.25) is 0 Å². The smallest absolute Gasteiger partial charge is 0.169 e. The van der Waals surface area contributed by atoms with Crippen LogP contribution in [0, 0.1) is 5.41 Å². The number of hydrogen-bond acceptors (Lipinski definition) is 3. The van der Waals surface area contributed by atoms with Crippen molar-refractivity contribution in [1.82, 2.24) is 0 Å². The monoisotopic (exact) mass is 228 g/mol. The summed E-state index contributed by atoms with van der Waals surface area (Å²) < 4.78 is 5.50. The Labute approximate surface area is 98.8 Å². The molecule has 0 aromatic heterocycles. The van der Waals surface area contributed by atoms with Gasteiger partial charge in [-0.15, -0.1) is 0 Å². The van der Waals surface area contributed by atoms with Crippen LogP contribution >= 0.6 is 0 Å². The molecule has 0 unspecified atom stereocenters. The molecular weight excluding hydrogens is 216 g/mol. The van der Waals surface area contributed by atoms with Crippen LogP contribution in [0.2, 0.25) is 0 Å². The number of para-hydroxylation sites is 1. The lowest BCUT2D eigenvalue weighted by Crippen LogP contribution is -2.10. The van der Waals surface area contributed by atoms with Crippen LogP contribution in [0.15, 0.2) is 48.5 Å². The first-order valence-corrected chi connectivity index (χ1v) is 5.07. The number of benzene rings is 2. The number of phenolic OH excluding ortho intramolecular Hbond substituents is 1. The van der Waals surface area contributed by atoms with Gasteiger partial charge in [-0.1, -0.05) is 18.2 Å². The Morgan fingerprint density at radius 2 is 1.82 bits per heavy atom. The van der Waals surface area contributed by atoms with Gasteiger partial charge in [-0.05, 0) is 30.3 Å². The number of nitrogens with two attached hydrogens (primary N) is 1. The Kier molecular flexibility index (Phi) is 2.96. The standard InChI is InChI=1S/C13H12N2O2/c14-13(15)9-6-7-11(16)12(8-9)17-10-4-2-1-3-5-10/h1-8,16H,(H3,14,15). The van der Waals surface area contributed by atoms with Crippen LogP contribution in [0.4, 0.5) is 0 Å². The molecule has 0 radical (unpaired) electrons. The predicted molar refractivity (Wildman–Crippen MR) is 65.6 cm³/mol. The first-order chi connectivity index (χ1) is 8.16. The van der Waals surface area contributed by atoms with E-state index in [2.05, 4.69) is 0 Å². The fraction of sp³-hybridized carbons (Fsp3) is 0. The molecule has 4 nitrogen and oxygen atoms in total. The van der Waals surface area contributed by atoms with Crippen molar-refractivity contribution in [2.24, 2.45) is 5.73 Å². The second-order valence-electron chi connectivity index (χ2n) is 3.51. The van der Waals surface area contributed by atoms with Crippen molar-refractivity contribution < 1.29 is 9.84 Å². The molecule has 17 heavy (non-hydrogen) atoms. The highest BCUT2D eigenvalue weighted by molar-refractivity contribution is 5.95. The van der Waals surface area contributed by atoms with Crippen LogP contribution in [0.5, 0.6) is 17.2 Å². The molecule has 2 aromatic rings. The molecule has 4 heteroatoms. The van der Waals surface area contributed by atoms with E-state index in [4.69, 9.17) is 15.9 Å². The summed E-state index contributed by atoms with van der Waals surface area (Å²) in [6.07, 6.45) is 0. The number of ether oxygens (including phenoxy) is 1. The highest BCUT2D eigenvalue weighted by atomic mass is 16.5. The van der Waals surface area contributed by atoms with E-state index in [1.165, 1.54) is 12.1 Å². The lowest BCUT2D eigenvalue weighted by Gasteiger charge is -2.08. The molecule has 0 aliphatic carbocycles. The van der Waals surface area contributed by atoms with Gasteiger partial charge < -0.3 is 15.6 Å². The quantitative estimate of drug-likeness (QED) is 0.557. The lowest BCUT2D eigenvalue weighted by atomic mass is 10.2. The van der Waals surface area contributed by atoms with Crippen molar-refractivity contribution in [1.29, 1.82) is 5.41 Å². The molecule has 0 saturated carbocycles. The van der Waals surface area contributed by atoms with Gasteiger partial charge in [0.05, 0.1) is 0 Å². The summed E-state index contributed by atoms with van der Waals surface area (Å²) in [5, 5.41) is 17.0. The fourth-order valence-electron chi connectivity index (χ4n) is 1.38. The number of nitrogens with one attached hydrogen (secondary N) is 1. The van der Waals surface area contributed by atoms with E-state index < -0.39 is 0 Å². The zero-order chi connectivity index (χ0) is 12.3. The van der Waals surface area contributed by atoms with Crippen molar-refractivity contribution in [3.63, 3.8) is 0 Å². The van der Waals surface area contributed by atoms with Gasteiger partial charge >= 0.3 is 0 Å². The van der Waals surface area contributed by atoms with E-state index in [-0.39, 0.29) is 17.3 Å². The summed E-state index contributed by atoms with van der Waals surface area (Å²) in [4.78, 5) is 0. The van der Waals surface area contributed by atoms with Crippen molar-refractivity contribution >= 4 is 5.84 Å². The lowest BCUT2D eigenvalue weighted by molar-refractivity contribution is 0.411. The number of nitrogen functional groups attached to an aromatic ring is 1. The molecule has 0 heterocycles. The Hall–Kier alpha value is -2.49. The van der Waals surface area contributed by atoms with Crippen LogP contribution in [0.1, 0.15) is 5.56 Å². The van der Waals surface area contributed by atoms with Crippen molar-refractivity contribution in [3.05, 3.63) is 54.1 Å². The van der Waals surface area contributed by atoms with E-state index in [1.54, 1.807) is 18.2 Å². The first kappa shape index (κ1) is 11.0. The number of rotatable bonds is 3. The highest BCUT2D eigenvalue weighted by Gasteiger charge is 2.06. The molecular formula is C13H12N2O2. The molecule has 0 fully saturated rings. The number of amidine groups is 1. The second kappa shape index (κ2) is 4.57. The van der Waals surface area contributed by atoms with Crippen molar-refractivity contribution in [2.75, 3.05) is 0 Å². The minimum absolute atomic E-state index is 0.0128. The van der Waals surface area contributed by atoms with Crippen LogP contribution in [-0.4, -0.2) is 10.9 Å². The van der Waals surface area contributed by atoms with Crippen LogP contribution < -0.4 is 10.5 Å². The zero-order valence-electron chi connectivity index (χ0n) is 9.05. The summed E-state index contributed by atoms with van der Waals surface area (Å²) in [6.45, 7) is 0. The van der Waals surface area contributed by atoms with Gasteiger partial charge in [0.1, 0.15) is 11.6 Å². The topological polar surface area (TPSA) is 79.3 Å². The van der Waals surface area contributed by atoms with Crippen LogP contribution in [-0.2, 0) is 0 Å². The third-order valence-electron chi connectivity index (χ3n) is 2.24. The molecule has 0 atom stereocenters. The molecule has 0 saturated heterocycles. The SMILES string of the molecule is N=C(N)c1ccc(O)c(Oc2ccccc2)c1.